The Morgan fingerprint density at radius 3 is 2.55 bits per heavy atom. The highest BCUT2D eigenvalue weighted by Crippen LogP contribution is 2.30. The lowest BCUT2D eigenvalue weighted by molar-refractivity contribution is -0.384. The third-order valence-corrected chi connectivity index (χ3v) is 5.07. The summed E-state index contributed by atoms with van der Waals surface area (Å²) in [6.45, 7) is 5.73. The average Bonchev–Trinajstić information content (AvgIpc) is 2.74. The van der Waals surface area contributed by atoms with Gasteiger partial charge in [0, 0.05) is 32.2 Å². The molecule has 0 saturated carbocycles. The Morgan fingerprint density at radius 2 is 1.90 bits per heavy atom. The van der Waals surface area contributed by atoms with Crippen LogP contribution in [0.25, 0.3) is 0 Å². The number of para-hydroxylation sites is 2. The van der Waals surface area contributed by atoms with Gasteiger partial charge in [-0.25, -0.2) is 0 Å². The van der Waals surface area contributed by atoms with E-state index in [2.05, 4.69) is 21.2 Å². The van der Waals surface area contributed by atoms with Crippen LogP contribution in [0, 0.1) is 10.1 Å². The van der Waals surface area contributed by atoms with Crippen molar-refractivity contribution in [1.82, 2.24) is 4.90 Å². The molecule has 2 aromatic rings. The smallest absolute Gasteiger partial charge is 0.273 e. The van der Waals surface area contributed by atoms with Crippen LogP contribution in [-0.4, -0.2) is 54.8 Å². The van der Waals surface area contributed by atoms with Gasteiger partial charge in [-0.1, -0.05) is 12.1 Å². The fourth-order valence-corrected chi connectivity index (χ4v) is 3.53. The molecule has 0 amide bonds. The van der Waals surface area contributed by atoms with Crippen LogP contribution in [0.5, 0.6) is 11.5 Å². The third kappa shape index (κ3) is 4.86. The van der Waals surface area contributed by atoms with Crippen molar-refractivity contribution in [3.05, 3.63) is 52.6 Å². The maximum atomic E-state index is 10.9. The fraction of sp³-hybridized carbons (Fsp3) is 0.350. The van der Waals surface area contributed by atoms with Crippen molar-refractivity contribution >= 4 is 34.4 Å². The van der Waals surface area contributed by atoms with E-state index in [1.165, 1.54) is 19.2 Å². The first-order valence-corrected chi connectivity index (χ1v) is 9.79. The third-order valence-electron chi connectivity index (χ3n) is 4.71. The van der Waals surface area contributed by atoms with Gasteiger partial charge in [0.1, 0.15) is 11.5 Å². The fourth-order valence-electron chi connectivity index (χ4n) is 3.24. The number of hydrogen-bond acceptors (Lipinski definition) is 6. The van der Waals surface area contributed by atoms with E-state index in [4.69, 9.17) is 21.7 Å². The van der Waals surface area contributed by atoms with Crippen LogP contribution < -0.4 is 19.7 Å². The maximum absolute atomic E-state index is 10.9. The molecule has 0 spiro atoms. The van der Waals surface area contributed by atoms with Crippen molar-refractivity contribution in [1.29, 1.82) is 0 Å². The Kier molecular flexibility index (Phi) is 6.71. The van der Waals surface area contributed by atoms with Crippen LogP contribution in [0.2, 0.25) is 0 Å². The van der Waals surface area contributed by atoms with Gasteiger partial charge in [-0.2, -0.15) is 0 Å². The van der Waals surface area contributed by atoms with Crippen molar-refractivity contribution in [2.75, 3.05) is 50.1 Å². The number of ether oxygens (including phenoxy) is 2. The average molecular weight is 417 g/mol. The summed E-state index contributed by atoms with van der Waals surface area (Å²) in [7, 11) is 1.47. The lowest BCUT2D eigenvalue weighted by Crippen LogP contribution is -2.50. The summed E-state index contributed by atoms with van der Waals surface area (Å²) in [6, 6.07) is 12.5. The number of nitrogens with one attached hydrogen (secondary N) is 1. The standard InChI is InChI=1S/C20H24N4O4S/c1-3-28-18-7-5-4-6-17(18)22-10-12-23(13-11-22)20(29)21-16-9-8-15(24(25)26)14-19(16)27-2/h4-9,14H,3,10-13H2,1-2H3,(H,21,29). The minimum atomic E-state index is -0.454. The summed E-state index contributed by atoms with van der Waals surface area (Å²) < 4.78 is 11.0. The molecule has 0 aliphatic carbocycles. The SMILES string of the molecule is CCOc1ccccc1N1CCN(C(=S)Nc2ccc([N+](=O)[O-])cc2OC)CC1. The summed E-state index contributed by atoms with van der Waals surface area (Å²) in [5.41, 5.74) is 1.66. The molecule has 8 nitrogen and oxygen atoms in total. The van der Waals surface area contributed by atoms with Crippen LogP contribution in [0.4, 0.5) is 17.1 Å². The number of non-ortho nitro benzene ring substituents is 1. The maximum Gasteiger partial charge on any atom is 0.273 e. The van der Waals surface area contributed by atoms with Crippen LogP contribution in [0.3, 0.4) is 0 Å². The number of nitro benzene ring substituents is 1. The predicted molar refractivity (Wildman–Crippen MR) is 117 cm³/mol. The van der Waals surface area contributed by atoms with Crippen LogP contribution in [0.15, 0.2) is 42.5 Å². The van der Waals surface area contributed by atoms with E-state index in [1.807, 2.05) is 25.1 Å². The largest absolute Gasteiger partial charge is 0.494 e. The molecule has 154 valence electrons. The molecule has 1 heterocycles. The molecule has 29 heavy (non-hydrogen) atoms. The molecule has 0 unspecified atom stereocenters. The van der Waals surface area contributed by atoms with Crippen LogP contribution in [0.1, 0.15) is 6.92 Å². The van der Waals surface area contributed by atoms with Gasteiger partial charge in [0.15, 0.2) is 5.11 Å². The van der Waals surface area contributed by atoms with Gasteiger partial charge in [0.05, 0.1) is 36.1 Å². The molecular weight excluding hydrogens is 392 g/mol. The Balaban J connectivity index is 1.63. The van der Waals surface area contributed by atoms with Crippen molar-refractivity contribution in [2.45, 2.75) is 6.92 Å². The van der Waals surface area contributed by atoms with E-state index in [9.17, 15) is 10.1 Å². The number of rotatable bonds is 6. The molecule has 0 radical (unpaired) electrons. The number of nitro groups is 1. The number of methoxy groups -OCH3 is 1. The van der Waals surface area contributed by atoms with E-state index in [-0.39, 0.29) is 5.69 Å². The minimum absolute atomic E-state index is 0.0279. The first-order valence-electron chi connectivity index (χ1n) is 9.38. The molecule has 2 aromatic carbocycles. The van der Waals surface area contributed by atoms with E-state index in [0.717, 1.165) is 37.6 Å². The Morgan fingerprint density at radius 1 is 1.17 bits per heavy atom. The van der Waals surface area contributed by atoms with E-state index >= 15 is 0 Å². The van der Waals surface area contributed by atoms with Gasteiger partial charge in [-0.05, 0) is 37.3 Å². The molecule has 1 aliphatic rings. The second-order valence-corrected chi connectivity index (χ2v) is 6.83. The van der Waals surface area contributed by atoms with Gasteiger partial charge in [-0.15, -0.1) is 0 Å². The molecular formula is C20H24N4O4S. The Labute approximate surface area is 175 Å². The second kappa shape index (κ2) is 9.42. The number of nitrogens with zero attached hydrogens (tertiary/aromatic N) is 3. The monoisotopic (exact) mass is 416 g/mol. The zero-order chi connectivity index (χ0) is 20.8. The zero-order valence-electron chi connectivity index (χ0n) is 16.5. The highest BCUT2D eigenvalue weighted by Gasteiger charge is 2.22. The highest BCUT2D eigenvalue weighted by atomic mass is 32.1. The van der Waals surface area contributed by atoms with Crippen molar-refractivity contribution in [3.63, 3.8) is 0 Å². The first kappa shape index (κ1) is 20.7. The number of anilines is 2. The predicted octanol–water partition coefficient (Wildman–Crippen LogP) is 3.52. The molecule has 1 aliphatic heterocycles. The summed E-state index contributed by atoms with van der Waals surface area (Å²) in [4.78, 5) is 14.9. The number of thiocarbonyl (C=S) groups is 1. The normalized spacial score (nSPS) is 13.7. The first-order chi connectivity index (χ1) is 14.0. The topological polar surface area (TPSA) is 80.1 Å². The van der Waals surface area contributed by atoms with Gasteiger partial charge in [0.25, 0.3) is 5.69 Å². The Hall–Kier alpha value is -3.07. The van der Waals surface area contributed by atoms with Gasteiger partial charge in [-0.3, -0.25) is 10.1 Å². The van der Waals surface area contributed by atoms with Crippen LogP contribution in [-0.2, 0) is 0 Å². The van der Waals surface area contributed by atoms with E-state index in [1.54, 1.807) is 6.07 Å². The molecule has 3 rings (SSSR count). The number of piperazine rings is 1. The highest BCUT2D eigenvalue weighted by molar-refractivity contribution is 7.80. The molecule has 0 bridgehead atoms. The van der Waals surface area contributed by atoms with Gasteiger partial charge in [0.2, 0.25) is 0 Å². The molecule has 1 fully saturated rings. The quantitative estimate of drug-likeness (QED) is 0.435. The van der Waals surface area contributed by atoms with Crippen molar-refractivity contribution in [2.24, 2.45) is 0 Å². The van der Waals surface area contributed by atoms with Crippen LogP contribution >= 0.6 is 12.2 Å². The molecule has 0 aromatic heterocycles. The van der Waals surface area contributed by atoms with E-state index < -0.39 is 4.92 Å². The summed E-state index contributed by atoms with van der Waals surface area (Å²) >= 11 is 5.55. The molecule has 1 N–H and O–H groups in total. The molecule has 9 heteroatoms. The second-order valence-electron chi connectivity index (χ2n) is 6.45. The van der Waals surface area contributed by atoms with Gasteiger partial charge >= 0.3 is 0 Å². The zero-order valence-corrected chi connectivity index (χ0v) is 17.3. The van der Waals surface area contributed by atoms with Gasteiger partial charge < -0.3 is 24.6 Å². The summed E-state index contributed by atoms with van der Waals surface area (Å²) in [5, 5.41) is 14.7. The minimum Gasteiger partial charge on any atom is -0.494 e. The number of benzene rings is 2. The molecule has 0 atom stereocenters. The Bertz CT molecular complexity index is 885. The molecule has 1 saturated heterocycles. The lowest BCUT2D eigenvalue weighted by Gasteiger charge is -2.38. The van der Waals surface area contributed by atoms with Crippen molar-refractivity contribution < 1.29 is 14.4 Å². The van der Waals surface area contributed by atoms with E-state index in [0.29, 0.717) is 23.2 Å². The number of hydrogen-bond donors (Lipinski definition) is 1. The lowest BCUT2D eigenvalue weighted by atomic mass is 10.2. The van der Waals surface area contributed by atoms with Crippen molar-refractivity contribution in [3.8, 4) is 11.5 Å². The summed E-state index contributed by atoms with van der Waals surface area (Å²) in [6.07, 6.45) is 0. The summed E-state index contributed by atoms with van der Waals surface area (Å²) in [5.74, 6) is 1.27.